The quantitative estimate of drug-likeness (QED) is 0.456. The molecule has 15 heavy (non-hydrogen) atoms. The lowest BCUT2D eigenvalue weighted by molar-refractivity contribution is -0.116. The molecule has 0 aromatic carbocycles. The van der Waals surface area contributed by atoms with Gasteiger partial charge in [-0.25, -0.2) is 4.39 Å². The van der Waals surface area contributed by atoms with Gasteiger partial charge in [0, 0.05) is 6.42 Å². The van der Waals surface area contributed by atoms with Crippen LogP contribution in [0.25, 0.3) is 0 Å². The van der Waals surface area contributed by atoms with E-state index < -0.39 is 11.6 Å². The SMILES string of the molecule is C=C(C)CC/C=C(\C)CCC(=O)C(=C)F. The van der Waals surface area contributed by atoms with Crippen LogP contribution in [0.15, 0.2) is 36.2 Å². The summed E-state index contributed by atoms with van der Waals surface area (Å²) in [6.45, 7) is 10.7. The zero-order valence-electron chi connectivity index (χ0n) is 9.61. The largest absolute Gasteiger partial charge is 0.292 e. The van der Waals surface area contributed by atoms with Crippen LogP contribution in [-0.2, 0) is 4.79 Å². The molecular formula is C13H19FO. The predicted molar refractivity (Wildman–Crippen MR) is 62.3 cm³/mol. The van der Waals surface area contributed by atoms with Crippen molar-refractivity contribution in [1.82, 2.24) is 0 Å². The van der Waals surface area contributed by atoms with Crippen molar-refractivity contribution in [2.24, 2.45) is 0 Å². The van der Waals surface area contributed by atoms with Gasteiger partial charge < -0.3 is 0 Å². The van der Waals surface area contributed by atoms with Crippen molar-refractivity contribution in [2.75, 3.05) is 0 Å². The van der Waals surface area contributed by atoms with Gasteiger partial charge in [-0.15, -0.1) is 6.58 Å². The minimum Gasteiger partial charge on any atom is -0.292 e. The lowest BCUT2D eigenvalue weighted by atomic mass is 10.1. The Bertz CT molecular complexity index is 287. The summed E-state index contributed by atoms with van der Waals surface area (Å²) in [6.07, 6.45) is 4.79. The average molecular weight is 210 g/mol. The van der Waals surface area contributed by atoms with E-state index in [0.29, 0.717) is 6.42 Å². The summed E-state index contributed by atoms with van der Waals surface area (Å²) in [6, 6.07) is 0. The first kappa shape index (κ1) is 13.8. The summed E-state index contributed by atoms with van der Waals surface area (Å²) in [5.74, 6) is -1.34. The van der Waals surface area contributed by atoms with Gasteiger partial charge in [-0.05, 0) is 33.1 Å². The highest BCUT2D eigenvalue weighted by atomic mass is 19.1. The van der Waals surface area contributed by atoms with Crippen molar-refractivity contribution >= 4 is 5.78 Å². The van der Waals surface area contributed by atoms with Crippen molar-refractivity contribution in [3.8, 4) is 0 Å². The molecule has 0 saturated carbocycles. The minimum atomic E-state index is -0.843. The first-order valence-electron chi connectivity index (χ1n) is 5.11. The zero-order chi connectivity index (χ0) is 11.8. The van der Waals surface area contributed by atoms with E-state index in [1.807, 2.05) is 13.8 Å². The summed E-state index contributed by atoms with van der Waals surface area (Å²) in [5.41, 5.74) is 2.26. The Balaban J connectivity index is 3.82. The molecule has 0 aromatic rings. The Hall–Kier alpha value is -1.18. The summed E-state index contributed by atoms with van der Waals surface area (Å²) in [5, 5.41) is 0. The zero-order valence-corrected chi connectivity index (χ0v) is 9.61. The number of ketones is 1. The van der Waals surface area contributed by atoms with E-state index in [9.17, 15) is 9.18 Å². The lowest BCUT2D eigenvalue weighted by Crippen LogP contribution is -1.97. The molecule has 0 spiro atoms. The van der Waals surface area contributed by atoms with Crippen molar-refractivity contribution in [2.45, 2.75) is 39.5 Å². The second-order valence-corrected chi connectivity index (χ2v) is 3.87. The highest BCUT2D eigenvalue weighted by molar-refractivity contribution is 5.92. The summed E-state index contributed by atoms with van der Waals surface area (Å²) in [4.78, 5) is 10.9. The molecule has 1 nitrogen and oxygen atoms in total. The molecule has 0 aromatic heterocycles. The Morgan fingerprint density at radius 3 is 2.27 bits per heavy atom. The third-order valence-corrected chi connectivity index (χ3v) is 2.11. The highest BCUT2D eigenvalue weighted by Gasteiger charge is 2.05. The van der Waals surface area contributed by atoms with Crippen LogP contribution in [0.3, 0.4) is 0 Å². The Kier molecular flexibility index (Phi) is 6.59. The number of allylic oxidation sites excluding steroid dienone is 4. The first-order chi connectivity index (χ1) is 6.93. The molecule has 0 rings (SSSR count). The number of halogens is 1. The molecule has 0 bridgehead atoms. The summed E-state index contributed by atoms with van der Waals surface area (Å²) < 4.78 is 12.3. The molecule has 0 fully saturated rings. The van der Waals surface area contributed by atoms with Crippen molar-refractivity contribution in [3.05, 3.63) is 36.2 Å². The number of hydrogen-bond donors (Lipinski definition) is 0. The van der Waals surface area contributed by atoms with Gasteiger partial charge in [0.25, 0.3) is 0 Å². The molecule has 0 radical (unpaired) electrons. The maximum atomic E-state index is 12.3. The monoisotopic (exact) mass is 210 g/mol. The lowest BCUT2D eigenvalue weighted by Gasteiger charge is -2.00. The van der Waals surface area contributed by atoms with E-state index in [2.05, 4.69) is 19.2 Å². The van der Waals surface area contributed by atoms with E-state index in [4.69, 9.17) is 0 Å². The second-order valence-electron chi connectivity index (χ2n) is 3.87. The summed E-state index contributed by atoms with van der Waals surface area (Å²) in [7, 11) is 0. The fraction of sp³-hybridized carbons (Fsp3) is 0.462. The van der Waals surface area contributed by atoms with Crippen LogP contribution in [0.4, 0.5) is 4.39 Å². The van der Waals surface area contributed by atoms with E-state index in [-0.39, 0.29) is 6.42 Å². The van der Waals surface area contributed by atoms with Gasteiger partial charge in [0.15, 0.2) is 11.6 Å². The van der Waals surface area contributed by atoms with Gasteiger partial charge in [0.05, 0.1) is 0 Å². The van der Waals surface area contributed by atoms with Crippen LogP contribution in [0.1, 0.15) is 39.5 Å². The highest BCUT2D eigenvalue weighted by Crippen LogP contribution is 2.11. The second kappa shape index (κ2) is 7.16. The summed E-state index contributed by atoms with van der Waals surface area (Å²) >= 11 is 0. The van der Waals surface area contributed by atoms with Crippen LogP contribution in [-0.4, -0.2) is 5.78 Å². The fourth-order valence-electron chi connectivity index (χ4n) is 1.11. The number of carbonyl (C=O) groups is 1. The molecule has 0 aliphatic rings. The third-order valence-electron chi connectivity index (χ3n) is 2.11. The minimum absolute atomic E-state index is 0.213. The molecule has 2 heteroatoms. The van der Waals surface area contributed by atoms with E-state index in [1.165, 1.54) is 0 Å². The topological polar surface area (TPSA) is 17.1 Å². The smallest absolute Gasteiger partial charge is 0.190 e. The molecular weight excluding hydrogens is 191 g/mol. The van der Waals surface area contributed by atoms with Gasteiger partial charge in [-0.3, -0.25) is 4.79 Å². The van der Waals surface area contributed by atoms with Crippen LogP contribution >= 0.6 is 0 Å². The standard InChI is InChI=1S/C13H19FO/c1-10(2)6-5-7-11(3)8-9-13(15)12(4)14/h7H,1,4-6,8-9H2,2-3H3/b11-7+. The van der Waals surface area contributed by atoms with Crippen LogP contribution in [0.2, 0.25) is 0 Å². The number of rotatable bonds is 7. The van der Waals surface area contributed by atoms with E-state index in [0.717, 1.165) is 24.0 Å². The molecule has 0 unspecified atom stereocenters. The van der Waals surface area contributed by atoms with E-state index >= 15 is 0 Å². The average Bonchev–Trinajstić information content (AvgIpc) is 2.13. The van der Waals surface area contributed by atoms with Gasteiger partial charge >= 0.3 is 0 Å². The molecule has 0 atom stereocenters. The Labute approximate surface area is 91.4 Å². The van der Waals surface area contributed by atoms with Crippen LogP contribution < -0.4 is 0 Å². The molecule has 0 aliphatic heterocycles. The Morgan fingerprint density at radius 1 is 1.20 bits per heavy atom. The van der Waals surface area contributed by atoms with Crippen molar-refractivity contribution in [3.63, 3.8) is 0 Å². The number of Topliss-reactive ketones (excluding diaryl/α,β-unsaturated/α-hetero) is 1. The molecule has 0 N–H and O–H groups in total. The normalized spacial score (nSPS) is 11.3. The van der Waals surface area contributed by atoms with Gasteiger partial charge in [-0.2, -0.15) is 0 Å². The maximum Gasteiger partial charge on any atom is 0.190 e. The Morgan fingerprint density at radius 2 is 1.80 bits per heavy atom. The fourth-order valence-corrected chi connectivity index (χ4v) is 1.11. The van der Waals surface area contributed by atoms with Crippen LogP contribution in [0, 0.1) is 0 Å². The number of carbonyl (C=O) groups excluding carboxylic acids is 1. The van der Waals surface area contributed by atoms with Gasteiger partial charge in [-0.1, -0.05) is 23.8 Å². The number of hydrogen-bond acceptors (Lipinski definition) is 1. The van der Waals surface area contributed by atoms with Crippen LogP contribution in [0.5, 0.6) is 0 Å². The maximum absolute atomic E-state index is 12.3. The predicted octanol–water partition coefficient (Wildman–Crippen LogP) is 4.12. The van der Waals surface area contributed by atoms with Crippen molar-refractivity contribution < 1.29 is 9.18 Å². The van der Waals surface area contributed by atoms with E-state index in [1.54, 1.807) is 0 Å². The molecule has 0 aliphatic carbocycles. The molecule has 0 saturated heterocycles. The molecule has 0 heterocycles. The molecule has 84 valence electrons. The molecule has 0 amide bonds. The van der Waals surface area contributed by atoms with Crippen molar-refractivity contribution in [1.29, 1.82) is 0 Å². The third kappa shape index (κ3) is 7.86. The van der Waals surface area contributed by atoms with Gasteiger partial charge in [0.2, 0.25) is 0 Å². The first-order valence-corrected chi connectivity index (χ1v) is 5.11. The van der Waals surface area contributed by atoms with Gasteiger partial charge in [0.1, 0.15) is 0 Å².